The first-order valence-electron chi connectivity index (χ1n) is 5.99. The van der Waals surface area contributed by atoms with Gasteiger partial charge in [0.25, 0.3) is 5.91 Å². The molecular weight excluding hydrogens is 313 g/mol. The molecule has 0 bridgehead atoms. The topological polar surface area (TPSA) is 102 Å². The molecule has 0 spiro atoms. The van der Waals surface area contributed by atoms with Crippen LogP contribution in [-0.4, -0.2) is 27.0 Å². The van der Waals surface area contributed by atoms with Crippen LogP contribution in [0.5, 0.6) is 0 Å². The minimum Gasteiger partial charge on any atom is -0.455 e. The van der Waals surface area contributed by atoms with E-state index in [1.807, 2.05) is 0 Å². The lowest BCUT2D eigenvalue weighted by Crippen LogP contribution is -2.24. The predicted octanol–water partition coefficient (Wildman–Crippen LogP) is 1.70. The lowest BCUT2D eigenvalue weighted by atomic mass is 10.2. The smallest absolute Gasteiger partial charge is 0.389 e. The van der Waals surface area contributed by atoms with Gasteiger partial charge in [0.2, 0.25) is 10.0 Å². The summed E-state index contributed by atoms with van der Waals surface area (Å²) >= 11 is 0. The highest BCUT2D eigenvalue weighted by atomic mass is 32.2. The summed E-state index contributed by atoms with van der Waals surface area (Å²) in [5.74, 6) is -0.993. The second-order valence-corrected chi connectivity index (χ2v) is 5.93. The fourth-order valence-corrected chi connectivity index (χ4v) is 2.31. The summed E-state index contributed by atoms with van der Waals surface area (Å²) in [5.41, 5.74) is 0. The van der Waals surface area contributed by atoms with Crippen LogP contribution in [0.2, 0.25) is 0 Å². The number of halogens is 3. The molecule has 3 N–H and O–H groups in total. The lowest BCUT2D eigenvalue weighted by Gasteiger charge is -2.06. The number of nitrogens with one attached hydrogen (secondary N) is 1. The molecule has 1 heterocycles. The van der Waals surface area contributed by atoms with Gasteiger partial charge >= 0.3 is 6.18 Å². The Morgan fingerprint density at radius 3 is 2.48 bits per heavy atom. The summed E-state index contributed by atoms with van der Waals surface area (Å²) in [4.78, 5) is 11.3. The van der Waals surface area contributed by atoms with Crippen LogP contribution in [0, 0.1) is 6.92 Å². The van der Waals surface area contributed by atoms with E-state index in [9.17, 15) is 26.4 Å². The average molecular weight is 328 g/mol. The van der Waals surface area contributed by atoms with Crippen molar-refractivity contribution in [3.8, 4) is 0 Å². The molecule has 120 valence electrons. The van der Waals surface area contributed by atoms with Crippen molar-refractivity contribution < 1.29 is 30.8 Å². The number of alkyl halides is 3. The zero-order chi connectivity index (χ0) is 16.3. The highest BCUT2D eigenvalue weighted by Crippen LogP contribution is 2.22. The molecule has 1 amide bonds. The summed E-state index contributed by atoms with van der Waals surface area (Å²) in [6.07, 6.45) is -5.10. The number of aryl methyl sites for hydroxylation is 1. The van der Waals surface area contributed by atoms with Crippen LogP contribution in [-0.2, 0) is 10.0 Å². The van der Waals surface area contributed by atoms with Gasteiger partial charge in [-0.25, -0.2) is 13.6 Å². The number of rotatable bonds is 6. The molecule has 0 saturated carbocycles. The fraction of sp³-hybridized carbons (Fsp3) is 0.545. The van der Waals surface area contributed by atoms with Crippen LogP contribution in [0.25, 0.3) is 0 Å². The van der Waals surface area contributed by atoms with Gasteiger partial charge < -0.3 is 9.73 Å². The molecular formula is C11H15F3N2O4S. The number of amides is 1. The van der Waals surface area contributed by atoms with Gasteiger partial charge in [0.05, 0.1) is 0 Å². The van der Waals surface area contributed by atoms with Crippen molar-refractivity contribution in [2.24, 2.45) is 5.14 Å². The number of carbonyl (C=O) groups excluding carboxylic acids is 1. The summed E-state index contributed by atoms with van der Waals surface area (Å²) < 4.78 is 63.0. The van der Waals surface area contributed by atoms with Gasteiger partial charge in [-0.05, 0) is 19.8 Å². The molecule has 0 saturated heterocycles. The Balaban J connectivity index is 2.50. The van der Waals surface area contributed by atoms with Crippen molar-refractivity contribution in [1.29, 1.82) is 0 Å². The molecule has 0 atom stereocenters. The van der Waals surface area contributed by atoms with Gasteiger partial charge in [-0.2, -0.15) is 13.2 Å². The Hall–Kier alpha value is -1.55. The summed E-state index contributed by atoms with van der Waals surface area (Å²) in [6, 6.07) is 0.982. The average Bonchev–Trinajstić information content (AvgIpc) is 2.69. The molecule has 0 aliphatic carbocycles. The standard InChI is InChI=1S/C11H15F3N2O4S/c1-7-9(21(15,18)19)6-8(20-7)10(17)16-5-3-2-4-11(12,13)14/h6H,2-5H2,1H3,(H,16,17)(H2,15,18,19). The Bertz CT molecular complexity index is 607. The normalized spacial score (nSPS) is 12.4. The quantitative estimate of drug-likeness (QED) is 0.776. The predicted molar refractivity (Wildman–Crippen MR) is 67.1 cm³/mol. The van der Waals surface area contributed by atoms with E-state index in [1.165, 1.54) is 6.92 Å². The van der Waals surface area contributed by atoms with Crippen LogP contribution >= 0.6 is 0 Å². The first kappa shape index (κ1) is 17.5. The molecule has 0 aromatic carbocycles. The van der Waals surface area contributed by atoms with E-state index < -0.39 is 28.5 Å². The number of unbranched alkanes of at least 4 members (excludes halogenated alkanes) is 1. The zero-order valence-electron chi connectivity index (χ0n) is 11.2. The van der Waals surface area contributed by atoms with E-state index in [0.29, 0.717) is 0 Å². The number of furan rings is 1. The van der Waals surface area contributed by atoms with Gasteiger partial charge in [-0.3, -0.25) is 4.79 Å². The number of carbonyl (C=O) groups is 1. The third-order valence-electron chi connectivity index (χ3n) is 2.58. The maximum Gasteiger partial charge on any atom is 0.389 e. The Morgan fingerprint density at radius 1 is 1.38 bits per heavy atom. The first-order valence-corrected chi connectivity index (χ1v) is 7.53. The Kier molecular flexibility index (Phi) is 5.40. The molecule has 10 heteroatoms. The second-order valence-electron chi connectivity index (χ2n) is 4.40. The van der Waals surface area contributed by atoms with Crippen LogP contribution < -0.4 is 10.5 Å². The highest BCUT2D eigenvalue weighted by Gasteiger charge is 2.26. The number of primary sulfonamides is 1. The third-order valence-corrected chi connectivity index (χ3v) is 3.59. The van der Waals surface area contributed by atoms with Crippen molar-refractivity contribution in [1.82, 2.24) is 5.32 Å². The molecule has 21 heavy (non-hydrogen) atoms. The number of nitrogens with two attached hydrogens (primary N) is 1. The molecule has 0 fully saturated rings. The van der Waals surface area contributed by atoms with E-state index >= 15 is 0 Å². The van der Waals surface area contributed by atoms with Crippen molar-refractivity contribution in [2.45, 2.75) is 37.3 Å². The molecule has 0 aliphatic rings. The fourth-order valence-electron chi connectivity index (χ4n) is 1.60. The monoisotopic (exact) mass is 328 g/mol. The lowest BCUT2D eigenvalue weighted by molar-refractivity contribution is -0.135. The first-order chi connectivity index (χ1) is 9.50. The molecule has 1 aromatic rings. The van der Waals surface area contributed by atoms with E-state index in [2.05, 4.69) is 5.32 Å². The summed E-state index contributed by atoms with van der Waals surface area (Å²) in [7, 11) is -3.99. The molecule has 1 aromatic heterocycles. The van der Waals surface area contributed by atoms with Gasteiger partial charge in [-0.1, -0.05) is 0 Å². The molecule has 0 aliphatic heterocycles. The Morgan fingerprint density at radius 2 is 2.00 bits per heavy atom. The Labute approximate surface area is 119 Å². The van der Waals surface area contributed by atoms with Gasteiger partial charge in [0, 0.05) is 19.0 Å². The maximum atomic E-state index is 11.9. The van der Waals surface area contributed by atoms with Crippen molar-refractivity contribution in [2.75, 3.05) is 6.54 Å². The van der Waals surface area contributed by atoms with E-state index in [1.54, 1.807) is 0 Å². The maximum absolute atomic E-state index is 11.9. The van der Waals surface area contributed by atoms with Gasteiger partial charge in [0.15, 0.2) is 5.76 Å². The molecule has 0 radical (unpaired) electrons. The molecule has 1 rings (SSSR count). The summed E-state index contributed by atoms with van der Waals surface area (Å²) in [6.45, 7) is 1.36. The SMILES string of the molecule is Cc1oc(C(=O)NCCCCC(F)(F)F)cc1S(N)(=O)=O. The largest absolute Gasteiger partial charge is 0.455 e. The van der Waals surface area contributed by atoms with Crippen LogP contribution in [0.15, 0.2) is 15.4 Å². The van der Waals surface area contributed by atoms with Crippen LogP contribution in [0.3, 0.4) is 0 Å². The number of sulfonamides is 1. The minimum absolute atomic E-state index is 0.0272. The molecule has 6 nitrogen and oxygen atoms in total. The van der Waals surface area contributed by atoms with E-state index in [-0.39, 0.29) is 35.8 Å². The second kappa shape index (κ2) is 6.48. The number of hydrogen-bond acceptors (Lipinski definition) is 4. The van der Waals surface area contributed by atoms with Gasteiger partial charge in [-0.15, -0.1) is 0 Å². The summed E-state index contributed by atoms with van der Waals surface area (Å²) in [5, 5.41) is 7.27. The molecule has 0 unspecified atom stereocenters. The third kappa shape index (κ3) is 5.76. The van der Waals surface area contributed by atoms with Crippen molar-refractivity contribution in [3.05, 3.63) is 17.6 Å². The van der Waals surface area contributed by atoms with Crippen molar-refractivity contribution >= 4 is 15.9 Å². The zero-order valence-corrected chi connectivity index (χ0v) is 12.0. The highest BCUT2D eigenvalue weighted by molar-refractivity contribution is 7.89. The van der Waals surface area contributed by atoms with E-state index in [0.717, 1.165) is 6.07 Å². The van der Waals surface area contributed by atoms with E-state index in [4.69, 9.17) is 9.56 Å². The van der Waals surface area contributed by atoms with Crippen LogP contribution in [0.1, 0.15) is 35.6 Å². The minimum atomic E-state index is -4.22. The van der Waals surface area contributed by atoms with Crippen LogP contribution in [0.4, 0.5) is 13.2 Å². The van der Waals surface area contributed by atoms with Gasteiger partial charge in [0.1, 0.15) is 10.7 Å². The van der Waals surface area contributed by atoms with Crippen molar-refractivity contribution in [3.63, 3.8) is 0 Å². The number of hydrogen-bond donors (Lipinski definition) is 2.